The van der Waals surface area contributed by atoms with Crippen LogP contribution >= 0.6 is 0 Å². The number of pyridine rings is 1. The molecular formula is C19H25N5O. The van der Waals surface area contributed by atoms with Gasteiger partial charge in [0.2, 0.25) is 5.95 Å². The Morgan fingerprint density at radius 3 is 2.72 bits per heavy atom. The van der Waals surface area contributed by atoms with Crippen molar-refractivity contribution in [3.8, 4) is 11.1 Å². The SMILES string of the molecule is c1cc(-c2cnc(NCCCN3CCOCC3)nc2C2CC2)ccn1. The molecule has 1 saturated heterocycles. The molecule has 0 unspecified atom stereocenters. The molecule has 0 bridgehead atoms. The van der Waals surface area contributed by atoms with E-state index in [0.29, 0.717) is 5.92 Å². The number of hydrogen-bond acceptors (Lipinski definition) is 6. The normalized spacial score (nSPS) is 18.2. The van der Waals surface area contributed by atoms with E-state index in [1.165, 1.54) is 18.5 Å². The maximum absolute atomic E-state index is 5.38. The van der Waals surface area contributed by atoms with Crippen LogP contribution in [-0.2, 0) is 4.74 Å². The Labute approximate surface area is 148 Å². The quantitative estimate of drug-likeness (QED) is 0.782. The molecule has 2 aromatic rings. The Balaban J connectivity index is 1.37. The van der Waals surface area contributed by atoms with Gasteiger partial charge >= 0.3 is 0 Å². The van der Waals surface area contributed by atoms with E-state index < -0.39 is 0 Å². The van der Waals surface area contributed by atoms with Gasteiger partial charge in [-0.25, -0.2) is 9.97 Å². The van der Waals surface area contributed by atoms with Crippen molar-refractivity contribution in [3.63, 3.8) is 0 Å². The smallest absolute Gasteiger partial charge is 0.222 e. The maximum atomic E-state index is 5.38. The van der Waals surface area contributed by atoms with Crippen molar-refractivity contribution in [3.05, 3.63) is 36.4 Å². The van der Waals surface area contributed by atoms with E-state index in [-0.39, 0.29) is 0 Å². The zero-order valence-electron chi connectivity index (χ0n) is 14.5. The van der Waals surface area contributed by atoms with Gasteiger partial charge in [-0.3, -0.25) is 9.88 Å². The highest BCUT2D eigenvalue weighted by molar-refractivity contribution is 5.66. The number of nitrogens with one attached hydrogen (secondary N) is 1. The number of rotatable bonds is 7. The monoisotopic (exact) mass is 339 g/mol. The van der Waals surface area contributed by atoms with Crippen LogP contribution in [0, 0.1) is 0 Å². The number of morpholine rings is 1. The standard InChI is InChI=1S/C19H25N5O/c1(9-24-10-12-25-13-11-24)6-21-19-22-14-17(15-4-7-20-8-5-15)18(23-19)16-2-3-16/h4-5,7-8,14,16H,1-3,6,9-13H2,(H,21,22,23). The van der Waals surface area contributed by atoms with E-state index in [9.17, 15) is 0 Å². The molecule has 0 aromatic carbocycles. The summed E-state index contributed by atoms with van der Waals surface area (Å²) in [6.45, 7) is 5.80. The molecule has 132 valence electrons. The van der Waals surface area contributed by atoms with E-state index in [1.54, 1.807) is 0 Å². The minimum Gasteiger partial charge on any atom is -0.379 e. The summed E-state index contributed by atoms with van der Waals surface area (Å²) in [5.41, 5.74) is 3.47. The van der Waals surface area contributed by atoms with Crippen LogP contribution in [0.25, 0.3) is 11.1 Å². The second-order valence-electron chi connectivity index (χ2n) is 6.74. The van der Waals surface area contributed by atoms with Gasteiger partial charge in [0.15, 0.2) is 0 Å². The predicted octanol–water partition coefficient (Wildman–Crippen LogP) is 2.55. The summed E-state index contributed by atoms with van der Waals surface area (Å²) in [5, 5.41) is 3.39. The van der Waals surface area contributed by atoms with E-state index in [4.69, 9.17) is 9.72 Å². The second kappa shape index (κ2) is 7.89. The Morgan fingerprint density at radius 2 is 1.96 bits per heavy atom. The molecule has 2 aliphatic rings. The summed E-state index contributed by atoms with van der Waals surface area (Å²) in [5.74, 6) is 1.33. The van der Waals surface area contributed by atoms with Gasteiger partial charge in [-0.1, -0.05) is 0 Å². The van der Waals surface area contributed by atoms with Crippen molar-refractivity contribution >= 4 is 5.95 Å². The first-order valence-electron chi connectivity index (χ1n) is 9.21. The van der Waals surface area contributed by atoms with Gasteiger partial charge in [-0.05, 0) is 43.5 Å². The summed E-state index contributed by atoms with van der Waals surface area (Å²) < 4.78 is 5.38. The lowest BCUT2D eigenvalue weighted by Gasteiger charge is -2.26. The third kappa shape index (κ3) is 4.32. The van der Waals surface area contributed by atoms with Gasteiger partial charge in [0.05, 0.1) is 18.9 Å². The average molecular weight is 339 g/mol. The van der Waals surface area contributed by atoms with Gasteiger partial charge in [-0.15, -0.1) is 0 Å². The van der Waals surface area contributed by atoms with E-state index in [0.717, 1.165) is 62.9 Å². The second-order valence-corrected chi connectivity index (χ2v) is 6.74. The highest BCUT2D eigenvalue weighted by Gasteiger charge is 2.28. The first-order chi connectivity index (χ1) is 12.4. The molecule has 4 rings (SSSR count). The van der Waals surface area contributed by atoms with Crippen LogP contribution in [0.2, 0.25) is 0 Å². The van der Waals surface area contributed by atoms with Crippen molar-refractivity contribution in [2.75, 3.05) is 44.7 Å². The molecule has 1 aliphatic heterocycles. The molecule has 2 aromatic heterocycles. The highest BCUT2D eigenvalue weighted by atomic mass is 16.5. The molecule has 25 heavy (non-hydrogen) atoms. The topological polar surface area (TPSA) is 63.2 Å². The van der Waals surface area contributed by atoms with Crippen molar-refractivity contribution in [1.82, 2.24) is 19.9 Å². The van der Waals surface area contributed by atoms with Crippen molar-refractivity contribution in [2.24, 2.45) is 0 Å². The molecule has 0 amide bonds. The van der Waals surface area contributed by atoms with Gasteiger partial charge in [0.1, 0.15) is 0 Å². The molecule has 6 nitrogen and oxygen atoms in total. The van der Waals surface area contributed by atoms with E-state index in [1.807, 2.05) is 30.7 Å². The lowest BCUT2D eigenvalue weighted by atomic mass is 10.0. The number of aromatic nitrogens is 3. The maximum Gasteiger partial charge on any atom is 0.222 e. The fraction of sp³-hybridized carbons (Fsp3) is 0.526. The number of ether oxygens (including phenoxy) is 1. The van der Waals surface area contributed by atoms with Gasteiger partial charge < -0.3 is 10.1 Å². The third-order valence-corrected chi connectivity index (χ3v) is 4.81. The minimum atomic E-state index is 0.583. The van der Waals surface area contributed by atoms with Gasteiger partial charge in [0.25, 0.3) is 0 Å². The molecule has 1 N–H and O–H groups in total. The zero-order chi connectivity index (χ0) is 16.9. The largest absolute Gasteiger partial charge is 0.379 e. The number of nitrogens with zero attached hydrogens (tertiary/aromatic N) is 4. The third-order valence-electron chi connectivity index (χ3n) is 4.81. The van der Waals surface area contributed by atoms with Crippen LogP contribution in [0.3, 0.4) is 0 Å². The van der Waals surface area contributed by atoms with Crippen molar-refractivity contribution in [2.45, 2.75) is 25.2 Å². The Hall–Kier alpha value is -2.05. The zero-order valence-corrected chi connectivity index (χ0v) is 14.5. The van der Waals surface area contributed by atoms with Crippen molar-refractivity contribution in [1.29, 1.82) is 0 Å². The highest BCUT2D eigenvalue weighted by Crippen LogP contribution is 2.43. The Bertz CT molecular complexity index is 683. The Kier molecular flexibility index (Phi) is 5.18. The van der Waals surface area contributed by atoms with Gasteiger partial charge in [0, 0.05) is 49.7 Å². The van der Waals surface area contributed by atoms with Gasteiger partial charge in [-0.2, -0.15) is 0 Å². The molecular weight excluding hydrogens is 314 g/mol. The summed E-state index contributed by atoms with van der Waals surface area (Å²) in [7, 11) is 0. The molecule has 6 heteroatoms. The fourth-order valence-electron chi connectivity index (χ4n) is 3.23. The molecule has 3 heterocycles. The number of hydrogen-bond donors (Lipinski definition) is 1. The lowest BCUT2D eigenvalue weighted by molar-refractivity contribution is 0.0378. The predicted molar refractivity (Wildman–Crippen MR) is 97.6 cm³/mol. The molecule has 1 aliphatic carbocycles. The van der Waals surface area contributed by atoms with Crippen molar-refractivity contribution < 1.29 is 4.74 Å². The summed E-state index contributed by atoms with van der Waals surface area (Å²) in [6, 6.07) is 4.06. The van der Waals surface area contributed by atoms with Crippen LogP contribution in [0.4, 0.5) is 5.95 Å². The van der Waals surface area contributed by atoms with E-state index >= 15 is 0 Å². The van der Waals surface area contributed by atoms with Crippen LogP contribution in [-0.4, -0.2) is 59.2 Å². The Morgan fingerprint density at radius 1 is 1.16 bits per heavy atom. The average Bonchev–Trinajstić information content (AvgIpc) is 3.52. The summed E-state index contributed by atoms with van der Waals surface area (Å²) in [6.07, 6.45) is 9.15. The molecule has 0 spiro atoms. The number of anilines is 1. The minimum absolute atomic E-state index is 0.583. The fourth-order valence-corrected chi connectivity index (χ4v) is 3.23. The first kappa shape index (κ1) is 16.4. The summed E-state index contributed by atoms with van der Waals surface area (Å²) in [4.78, 5) is 15.9. The van der Waals surface area contributed by atoms with Crippen LogP contribution in [0.15, 0.2) is 30.7 Å². The molecule has 2 fully saturated rings. The molecule has 0 atom stereocenters. The molecule has 0 radical (unpaired) electrons. The van der Waals surface area contributed by atoms with Crippen LogP contribution < -0.4 is 5.32 Å². The first-order valence-corrected chi connectivity index (χ1v) is 9.21. The van der Waals surface area contributed by atoms with Crippen LogP contribution in [0.1, 0.15) is 30.9 Å². The summed E-state index contributed by atoms with van der Waals surface area (Å²) >= 11 is 0. The van der Waals surface area contributed by atoms with E-state index in [2.05, 4.69) is 20.2 Å². The lowest BCUT2D eigenvalue weighted by Crippen LogP contribution is -2.37. The molecule has 1 saturated carbocycles. The van der Waals surface area contributed by atoms with Crippen LogP contribution in [0.5, 0.6) is 0 Å².